The fourth-order valence-corrected chi connectivity index (χ4v) is 5.49. The van der Waals surface area contributed by atoms with Crippen molar-refractivity contribution in [1.82, 2.24) is 9.97 Å². The molecule has 0 unspecified atom stereocenters. The lowest BCUT2D eigenvalue weighted by Crippen LogP contribution is -2.13. The van der Waals surface area contributed by atoms with Crippen LogP contribution in [0.2, 0.25) is 0 Å². The Kier molecular flexibility index (Phi) is 7.74. The van der Waals surface area contributed by atoms with Crippen LogP contribution >= 0.6 is 22.7 Å². The Balaban J connectivity index is 0.000000192. The second-order valence-corrected chi connectivity index (χ2v) is 8.93. The summed E-state index contributed by atoms with van der Waals surface area (Å²) in [6.45, 7) is 0. The van der Waals surface area contributed by atoms with E-state index in [1.807, 2.05) is 19.0 Å². The number of pyridine rings is 2. The Morgan fingerprint density at radius 3 is 1.79 bits per heavy atom. The lowest BCUT2D eigenvalue weighted by Gasteiger charge is -2.12. The summed E-state index contributed by atoms with van der Waals surface area (Å²) in [6, 6.07) is 3.50. The number of esters is 2. The van der Waals surface area contributed by atoms with Crippen molar-refractivity contribution in [3.63, 3.8) is 0 Å². The zero-order valence-electron chi connectivity index (χ0n) is 19.5. The number of methoxy groups -OCH3 is 4. The number of nitrogens with zero attached hydrogens (tertiary/aromatic N) is 3. The molecule has 0 amide bonds. The van der Waals surface area contributed by atoms with Gasteiger partial charge in [0.05, 0.1) is 49.2 Å². The molecule has 0 fully saturated rings. The van der Waals surface area contributed by atoms with Crippen molar-refractivity contribution in [2.24, 2.45) is 0 Å². The number of carbonyl (C=O) groups excluding carboxylic acids is 2. The van der Waals surface area contributed by atoms with E-state index in [9.17, 15) is 9.59 Å². The third-order valence-electron chi connectivity index (χ3n) is 4.71. The van der Waals surface area contributed by atoms with E-state index in [-0.39, 0.29) is 5.97 Å². The van der Waals surface area contributed by atoms with Gasteiger partial charge in [0.2, 0.25) is 0 Å². The molecular weight excluding hydrogens is 480 g/mol. The van der Waals surface area contributed by atoms with Crippen molar-refractivity contribution >= 4 is 66.4 Å². The summed E-state index contributed by atoms with van der Waals surface area (Å²) in [6.07, 6.45) is 3.26. The van der Waals surface area contributed by atoms with Gasteiger partial charge >= 0.3 is 11.9 Å². The van der Waals surface area contributed by atoms with Gasteiger partial charge in [-0.3, -0.25) is 9.97 Å². The first-order valence-corrected chi connectivity index (χ1v) is 11.4. The molecule has 0 aromatic carbocycles. The standard InChI is InChI=1S/C12H14N2O3S.C10H10N2O3S/c1-14(2)9-8-10(7(16-3)5-6-13-8)18-11(9)12(15)17-4;1-14-5-3-4-12-7-6(11)9(10(13)15-2)16-8(5)7/h5-6H,1-4H3;3-4H,11H2,1-2H3. The Bertz CT molecular complexity index is 1350. The molecule has 0 aliphatic rings. The SMILES string of the molecule is COC(=O)c1sc2c(OC)ccnc2c1N.COC(=O)c1sc2c(OC)ccnc2c1N(C)C. The lowest BCUT2D eigenvalue weighted by molar-refractivity contribution is 0.0598. The Morgan fingerprint density at radius 1 is 0.824 bits per heavy atom. The molecule has 0 saturated heterocycles. The van der Waals surface area contributed by atoms with E-state index in [4.69, 9.17) is 19.9 Å². The Labute approximate surface area is 203 Å². The van der Waals surface area contributed by atoms with Gasteiger partial charge in [0.25, 0.3) is 0 Å². The molecule has 0 radical (unpaired) electrons. The molecule has 4 rings (SSSR count). The minimum atomic E-state index is -0.456. The number of carbonyl (C=O) groups is 2. The van der Waals surface area contributed by atoms with Crippen LogP contribution in [0, 0.1) is 0 Å². The minimum Gasteiger partial charge on any atom is -0.495 e. The molecule has 34 heavy (non-hydrogen) atoms. The summed E-state index contributed by atoms with van der Waals surface area (Å²) in [7, 11) is 9.59. The average Bonchev–Trinajstić information content (AvgIpc) is 3.41. The van der Waals surface area contributed by atoms with Crippen LogP contribution in [0.15, 0.2) is 24.5 Å². The van der Waals surface area contributed by atoms with Gasteiger partial charge in [-0.05, 0) is 12.1 Å². The number of hydrogen-bond donors (Lipinski definition) is 1. The summed E-state index contributed by atoms with van der Waals surface area (Å²) in [5.74, 6) is 0.548. The molecule has 4 aromatic heterocycles. The second kappa shape index (κ2) is 10.5. The lowest BCUT2D eigenvalue weighted by atomic mass is 10.3. The number of nitrogen functional groups attached to an aromatic ring is 1. The number of nitrogens with two attached hydrogens (primary N) is 1. The van der Waals surface area contributed by atoms with Crippen molar-refractivity contribution in [1.29, 1.82) is 0 Å². The second-order valence-electron chi connectivity index (χ2n) is 6.88. The third-order valence-corrected chi connectivity index (χ3v) is 7.06. The fraction of sp³-hybridized carbons (Fsp3) is 0.273. The molecule has 180 valence electrons. The minimum absolute atomic E-state index is 0.339. The van der Waals surface area contributed by atoms with Crippen LogP contribution in [-0.2, 0) is 9.47 Å². The maximum absolute atomic E-state index is 11.8. The number of aromatic nitrogens is 2. The van der Waals surface area contributed by atoms with Crippen molar-refractivity contribution in [2.45, 2.75) is 0 Å². The molecule has 0 saturated carbocycles. The smallest absolute Gasteiger partial charge is 0.350 e. The van der Waals surface area contributed by atoms with Gasteiger partial charge < -0.3 is 29.6 Å². The van der Waals surface area contributed by atoms with Gasteiger partial charge in [-0.25, -0.2) is 9.59 Å². The van der Waals surface area contributed by atoms with E-state index < -0.39 is 5.97 Å². The predicted molar refractivity (Wildman–Crippen MR) is 134 cm³/mol. The average molecular weight is 505 g/mol. The summed E-state index contributed by atoms with van der Waals surface area (Å²) in [5, 5.41) is 0. The fourth-order valence-electron chi connectivity index (χ4n) is 3.15. The highest BCUT2D eigenvalue weighted by molar-refractivity contribution is 7.22. The Morgan fingerprint density at radius 2 is 1.29 bits per heavy atom. The molecule has 0 aliphatic carbocycles. The summed E-state index contributed by atoms with van der Waals surface area (Å²) in [5.41, 5.74) is 8.26. The number of thiophene rings is 2. The summed E-state index contributed by atoms with van der Waals surface area (Å²) >= 11 is 2.55. The monoisotopic (exact) mass is 504 g/mol. The third kappa shape index (κ3) is 4.54. The molecule has 0 spiro atoms. The number of anilines is 2. The van der Waals surface area contributed by atoms with Crippen LogP contribution in [-0.4, -0.2) is 64.4 Å². The number of ether oxygens (including phenoxy) is 4. The molecule has 0 atom stereocenters. The molecule has 4 aromatic rings. The van der Waals surface area contributed by atoms with E-state index >= 15 is 0 Å². The topological polar surface area (TPSA) is 126 Å². The van der Waals surface area contributed by atoms with E-state index in [2.05, 4.69) is 14.7 Å². The zero-order chi connectivity index (χ0) is 25.0. The predicted octanol–water partition coefficient (Wildman–Crippen LogP) is 3.83. The molecule has 12 heteroatoms. The number of rotatable bonds is 5. The van der Waals surface area contributed by atoms with Gasteiger partial charge in [-0.15, -0.1) is 22.7 Å². The summed E-state index contributed by atoms with van der Waals surface area (Å²) < 4.78 is 21.5. The van der Waals surface area contributed by atoms with Crippen LogP contribution in [0.4, 0.5) is 11.4 Å². The Hall–Kier alpha value is -3.64. The van der Waals surface area contributed by atoms with Crippen molar-refractivity contribution in [2.75, 3.05) is 53.2 Å². The first-order chi connectivity index (χ1) is 16.3. The van der Waals surface area contributed by atoms with Crippen LogP contribution in [0.3, 0.4) is 0 Å². The highest BCUT2D eigenvalue weighted by atomic mass is 32.1. The van der Waals surface area contributed by atoms with Crippen LogP contribution in [0.25, 0.3) is 20.4 Å². The molecular formula is C22H24N4O6S2. The van der Waals surface area contributed by atoms with E-state index in [0.29, 0.717) is 32.5 Å². The molecule has 10 nitrogen and oxygen atoms in total. The van der Waals surface area contributed by atoms with Crippen LogP contribution in [0.5, 0.6) is 11.5 Å². The largest absolute Gasteiger partial charge is 0.495 e. The quantitative estimate of drug-likeness (QED) is 0.401. The molecule has 0 bridgehead atoms. The normalized spacial score (nSPS) is 10.4. The van der Waals surface area contributed by atoms with Crippen molar-refractivity contribution < 1.29 is 28.5 Å². The van der Waals surface area contributed by atoms with E-state index in [1.54, 1.807) is 38.7 Å². The van der Waals surface area contributed by atoms with Crippen LogP contribution in [0.1, 0.15) is 19.3 Å². The number of fused-ring (bicyclic) bond motifs is 2. The first kappa shape index (κ1) is 25.0. The van der Waals surface area contributed by atoms with Crippen LogP contribution < -0.4 is 20.1 Å². The molecule has 0 aliphatic heterocycles. The van der Waals surface area contributed by atoms with E-state index in [1.165, 1.54) is 36.9 Å². The highest BCUT2D eigenvalue weighted by Crippen LogP contribution is 2.41. The zero-order valence-corrected chi connectivity index (χ0v) is 21.1. The molecule has 2 N–H and O–H groups in total. The van der Waals surface area contributed by atoms with Crippen molar-refractivity contribution in [3.8, 4) is 11.5 Å². The maximum atomic E-state index is 11.8. The summed E-state index contributed by atoms with van der Waals surface area (Å²) in [4.78, 5) is 34.4. The highest BCUT2D eigenvalue weighted by Gasteiger charge is 2.23. The van der Waals surface area contributed by atoms with Gasteiger partial charge in [-0.2, -0.15) is 0 Å². The van der Waals surface area contributed by atoms with Gasteiger partial charge in [0, 0.05) is 26.5 Å². The maximum Gasteiger partial charge on any atom is 0.350 e. The van der Waals surface area contributed by atoms with Gasteiger partial charge in [0.1, 0.15) is 32.3 Å². The molecule has 4 heterocycles. The van der Waals surface area contributed by atoms with Gasteiger partial charge in [-0.1, -0.05) is 0 Å². The van der Waals surface area contributed by atoms with Gasteiger partial charge in [0.15, 0.2) is 0 Å². The first-order valence-electron chi connectivity index (χ1n) is 9.79. The van der Waals surface area contributed by atoms with Crippen molar-refractivity contribution in [3.05, 3.63) is 34.3 Å². The number of hydrogen-bond acceptors (Lipinski definition) is 12. The van der Waals surface area contributed by atoms with E-state index in [0.717, 1.165) is 20.6 Å².